The fraction of sp³-hybridized carbons (Fsp3) is 0.217. The standard InChI is InChI=1S/C23H22FNO6S/c1-23(11-9-16(21(26)27)14-19(23)22(28)29)25-12-10-15-13-18(7-8-20(15)24)32(30,31)17-5-3-2-4-6-17/h2-9,11,13-14,19,25H,10,12H2,1H3,(H,26,27)(H,28,29). The van der Waals surface area contributed by atoms with Crippen LogP contribution in [0.15, 0.2) is 82.1 Å². The number of carboxylic acid groups (broad SMARTS) is 2. The average molecular weight is 459 g/mol. The Bertz CT molecular complexity index is 1210. The molecule has 1 aliphatic carbocycles. The van der Waals surface area contributed by atoms with Gasteiger partial charge in [0.2, 0.25) is 9.84 Å². The SMILES string of the molecule is CC1(NCCc2cc(S(=O)(=O)c3ccccc3)ccc2F)C=CC(C(=O)O)=CC1C(=O)O. The molecule has 2 aromatic rings. The van der Waals surface area contributed by atoms with Gasteiger partial charge < -0.3 is 15.5 Å². The molecule has 3 N–H and O–H groups in total. The first-order chi connectivity index (χ1) is 15.0. The van der Waals surface area contributed by atoms with Crippen molar-refractivity contribution in [2.24, 2.45) is 5.92 Å². The van der Waals surface area contributed by atoms with Crippen molar-refractivity contribution < 1.29 is 32.6 Å². The highest BCUT2D eigenvalue weighted by atomic mass is 32.2. The van der Waals surface area contributed by atoms with E-state index in [2.05, 4.69) is 5.32 Å². The number of carboxylic acids is 2. The van der Waals surface area contributed by atoms with E-state index in [4.69, 9.17) is 5.11 Å². The molecule has 0 aromatic heterocycles. The van der Waals surface area contributed by atoms with Gasteiger partial charge in [0, 0.05) is 6.54 Å². The molecule has 2 aromatic carbocycles. The van der Waals surface area contributed by atoms with E-state index in [-0.39, 0.29) is 33.9 Å². The van der Waals surface area contributed by atoms with E-state index >= 15 is 0 Å². The quantitative estimate of drug-likeness (QED) is 0.519. The Hall–Kier alpha value is -3.30. The van der Waals surface area contributed by atoms with Crippen molar-refractivity contribution in [3.63, 3.8) is 0 Å². The first-order valence-corrected chi connectivity index (χ1v) is 11.2. The largest absolute Gasteiger partial charge is 0.481 e. The number of nitrogens with one attached hydrogen (secondary N) is 1. The highest BCUT2D eigenvalue weighted by Crippen LogP contribution is 2.28. The van der Waals surface area contributed by atoms with E-state index in [1.54, 1.807) is 25.1 Å². The van der Waals surface area contributed by atoms with Crippen LogP contribution < -0.4 is 5.32 Å². The smallest absolute Gasteiger partial charge is 0.335 e. The van der Waals surface area contributed by atoms with Crippen LogP contribution in [0.4, 0.5) is 4.39 Å². The lowest BCUT2D eigenvalue weighted by atomic mass is 9.80. The molecule has 9 heteroatoms. The van der Waals surface area contributed by atoms with Gasteiger partial charge in [-0.05, 0) is 49.2 Å². The molecule has 0 spiro atoms. The minimum atomic E-state index is -3.81. The summed E-state index contributed by atoms with van der Waals surface area (Å²) in [6.45, 7) is 1.73. The van der Waals surface area contributed by atoms with Crippen molar-refractivity contribution in [2.75, 3.05) is 6.54 Å². The molecule has 168 valence electrons. The fourth-order valence-corrected chi connectivity index (χ4v) is 4.86. The lowest BCUT2D eigenvalue weighted by molar-refractivity contribution is -0.141. The Morgan fingerprint density at radius 3 is 2.41 bits per heavy atom. The Morgan fingerprint density at radius 1 is 1.09 bits per heavy atom. The third-order valence-electron chi connectivity index (χ3n) is 5.40. The van der Waals surface area contributed by atoms with Gasteiger partial charge in [0.15, 0.2) is 0 Å². The molecule has 32 heavy (non-hydrogen) atoms. The van der Waals surface area contributed by atoms with Gasteiger partial charge in [-0.3, -0.25) is 4.79 Å². The molecule has 0 fully saturated rings. The first-order valence-electron chi connectivity index (χ1n) is 9.75. The number of halogens is 1. The Kier molecular flexibility index (Phi) is 6.61. The number of benzene rings is 2. The number of hydrogen-bond donors (Lipinski definition) is 3. The molecule has 7 nitrogen and oxygen atoms in total. The Morgan fingerprint density at radius 2 is 1.78 bits per heavy atom. The van der Waals surface area contributed by atoms with Gasteiger partial charge in [-0.1, -0.05) is 36.4 Å². The second-order valence-corrected chi connectivity index (χ2v) is 9.56. The summed E-state index contributed by atoms with van der Waals surface area (Å²) in [7, 11) is -3.81. The van der Waals surface area contributed by atoms with E-state index in [0.29, 0.717) is 0 Å². The van der Waals surface area contributed by atoms with Gasteiger partial charge in [0.05, 0.1) is 26.8 Å². The van der Waals surface area contributed by atoms with Gasteiger partial charge >= 0.3 is 11.9 Å². The number of rotatable bonds is 8. The number of sulfone groups is 1. The zero-order valence-corrected chi connectivity index (χ0v) is 18.0. The average Bonchev–Trinajstić information content (AvgIpc) is 2.75. The summed E-state index contributed by atoms with van der Waals surface area (Å²) in [6.07, 6.45) is 4.03. The van der Waals surface area contributed by atoms with Crippen LogP contribution in [-0.2, 0) is 25.8 Å². The maximum absolute atomic E-state index is 14.4. The molecule has 0 radical (unpaired) electrons. The van der Waals surface area contributed by atoms with Crippen molar-refractivity contribution in [1.82, 2.24) is 5.32 Å². The van der Waals surface area contributed by atoms with Crippen molar-refractivity contribution in [2.45, 2.75) is 28.7 Å². The van der Waals surface area contributed by atoms with E-state index in [9.17, 15) is 27.5 Å². The van der Waals surface area contributed by atoms with E-state index in [1.807, 2.05) is 0 Å². The second kappa shape index (κ2) is 9.05. The van der Waals surface area contributed by atoms with Crippen LogP contribution in [0.25, 0.3) is 0 Å². The van der Waals surface area contributed by atoms with Crippen molar-refractivity contribution >= 4 is 21.8 Å². The predicted octanol–water partition coefficient (Wildman–Crippen LogP) is 2.83. The maximum Gasteiger partial charge on any atom is 0.335 e. The van der Waals surface area contributed by atoms with Gasteiger partial charge in [0.1, 0.15) is 5.82 Å². The van der Waals surface area contributed by atoms with Crippen molar-refractivity contribution in [3.05, 3.63) is 83.7 Å². The number of hydrogen-bond acceptors (Lipinski definition) is 5. The summed E-state index contributed by atoms with van der Waals surface area (Å²) in [5, 5.41) is 21.7. The molecular formula is C23H22FNO6S. The molecular weight excluding hydrogens is 437 g/mol. The van der Waals surface area contributed by atoms with Crippen LogP contribution in [0.3, 0.4) is 0 Å². The van der Waals surface area contributed by atoms with Crippen LogP contribution >= 0.6 is 0 Å². The predicted molar refractivity (Wildman–Crippen MR) is 114 cm³/mol. The molecule has 2 unspecified atom stereocenters. The minimum Gasteiger partial charge on any atom is -0.481 e. The molecule has 0 saturated heterocycles. The molecule has 0 heterocycles. The van der Waals surface area contributed by atoms with Crippen LogP contribution in [0.1, 0.15) is 12.5 Å². The van der Waals surface area contributed by atoms with Crippen LogP contribution in [-0.4, -0.2) is 42.7 Å². The normalized spacial score (nSPS) is 20.6. The Balaban J connectivity index is 1.78. The Labute approximate surface area is 184 Å². The van der Waals surface area contributed by atoms with Gasteiger partial charge in [-0.15, -0.1) is 0 Å². The third-order valence-corrected chi connectivity index (χ3v) is 7.16. The van der Waals surface area contributed by atoms with Crippen LogP contribution in [0, 0.1) is 11.7 Å². The highest BCUT2D eigenvalue weighted by Gasteiger charge is 2.38. The minimum absolute atomic E-state index is 0.0404. The van der Waals surface area contributed by atoms with Crippen LogP contribution in [0.5, 0.6) is 0 Å². The first kappa shape index (κ1) is 23.4. The summed E-state index contributed by atoms with van der Waals surface area (Å²) in [5.41, 5.74) is -1.07. The number of aliphatic carboxylic acids is 2. The van der Waals surface area contributed by atoms with E-state index in [1.165, 1.54) is 36.4 Å². The third kappa shape index (κ3) is 4.79. The number of carbonyl (C=O) groups is 2. The lowest BCUT2D eigenvalue weighted by Gasteiger charge is -2.34. The van der Waals surface area contributed by atoms with Gasteiger partial charge in [-0.2, -0.15) is 0 Å². The zero-order valence-electron chi connectivity index (χ0n) is 17.2. The molecule has 2 atom stereocenters. The molecule has 0 saturated carbocycles. The second-order valence-electron chi connectivity index (χ2n) is 7.61. The molecule has 0 amide bonds. The lowest BCUT2D eigenvalue weighted by Crippen LogP contribution is -2.51. The van der Waals surface area contributed by atoms with Gasteiger partial charge in [0.25, 0.3) is 0 Å². The summed E-state index contributed by atoms with van der Waals surface area (Å²) in [5.74, 6) is -4.16. The molecule has 3 rings (SSSR count). The van der Waals surface area contributed by atoms with E-state index in [0.717, 1.165) is 12.1 Å². The van der Waals surface area contributed by atoms with E-state index < -0.39 is 39.0 Å². The fourth-order valence-electron chi connectivity index (χ4n) is 3.53. The summed E-state index contributed by atoms with van der Waals surface area (Å²) < 4.78 is 40.0. The maximum atomic E-state index is 14.4. The topological polar surface area (TPSA) is 121 Å². The monoisotopic (exact) mass is 459 g/mol. The van der Waals surface area contributed by atoms with Crippen molar-refractivity contribution in [1.29, 1.82) is 0 Å². The summed E-state index contributed by atoms with van der Waals surface area (Å²) in [4.78, 5) is 22.9. The summed E-state index contributed by atoms with van der Waals surface area (Å²) >= 11 is 0. The van der Waals surface area contributed by atoms with Crippen molar-refractivity contribution in [3.8, 4) is 0 Å². The molecule has 1 aliphatic rings. The zero-order chi connectivity index (χ0) is 23.5. The van der Waals surface area contributed by atoms with Gasteiger partial charge in [-0.25, -0.2) is 17.6 Å². The van der Waals surface area contributed by atoms with Crippen LogP contribution in [0.2, 0.25) is 0 Å². The summed E-state index contributed by atoms with van der Waals surface area (Å²) in [6, 6.07) is 11.4. The molecule has 0 bridgehead atoms. The highest BCUT2D eigenvalue weighted by molar-refractivity contribution is 7.91. The molecule has 0 aliphatic heterocycles.